The Labute approximate surface area is 211 Å². The summed E-state index contributed by atoms with van der Waals surface area (Å²) in [4.78, 5) is 25.3. The van der Waals surface area contributed by atoms with Crippen LogP contribution < -0.4 is 10.2 Å². The standard InChI is InChI=1S/C26H26F5N5O/c1-14-12-36(13-15(2)35(14)4)24-9-22(28)20(17-10-32-16(3)33-11-17)8-23(24)34-25(37)19-6-5-18(27)7-21(19)26(29,30)31/h5-11,14-15H,12-13H2,1-4H3,(H,34,37). The molecule has 1 amide bonds. The number of nitrogens with one attached hydrogen (secondary N) is 1. The predicted molar refractivity (Wildman–Crippen MR) is 130 cm³/mol. The first-order valence-electron chi connectivity index (χ1n) is 11.6. The molecular weight excluding hydrogens is 493 g/mol. The average molecular weight is 520 g/mol. The molecule has 196 valence electrons. The molecule has 0 radical (unpaired) electrons. The van der Waals surface area contributed by atoms with Crippen molar-refractivity contribution in [1.82, 2.24) is 14.9 Å². The Kier molecular flexibility index (Phi) is 7.18. The van der Waals surface area contributed by atoms with Gasteiger partial charge in [0.15, 0.2) is 0 Å². The van der Waals surface area contributed by atoms with Crippen molar-refractivity contribution in [3.8, 4) is 11.1 Å². The van der Waals surface area contributed by atoms with Crippen LogP contribution in [0, 0.1) is 18.6 Å². The molecular formula is C26H26F5N5O. The van der Waals surface area contributed by atoms with Gasteiger partial charge in [0.05, 0.1) is 22.5 Å². The maximum atomic E-state index is 15.4. The van der Waals surface area contributed by atoms with Gasteiger partial charge in [0.2, 0.25) is 0 Å². The number of aromatic nitrogens is 2. The van der Waals surface area contributed by atoms with Crippen molar-refractivity contribution in [3.63, 3.8) is 0 Å². The van der Waals surface area contributed by atoms with E-state index in [2.05, 4.69) is 20.2 Å². The second-order valence-corrected chi connectivity index (χ2v) is 9.28. The zero-order chi connectivity index (χ0) is 27.1. The first-order chi connectivity index (χ1) is 17.3. The van der Waals surface area contributed by atoms with Crippen molar-refractivity contribution in [2.75, 3.05) is 30.4 Å². The van der Waals surface area contributed by atoms with Crippen molar-refractivity contribution in [3.05, 3.63) is 71.3 Å². The van der Waals surface area contributed by atoms with Crippen molar-refractivity contribution >= 4 is 17.3 Å². The number of hydrogen-bond acceptors (Lipinski definition) is 5. The maximum Gasteiger partial charge on any atom is 0.417 e. The van der Waals surface area contributed by atoms with Crippen LogP contribution in [0.5, 0.6) is 0 Å². The highest BCUT2D eigenvalue weighted by Crippen LogP contribution is 2.37. The van der Waals surface area contributed by atoms with Gasteiger partial charge >= 0.3 is 6.18 Å². The van der Waals surface area contributed by atoms with Crippen molar-refractivity contribution in [2.24, 2.45) is 0 Å². The quantitative estimate of drug-likeness (QED) is 0.460. The molecule has 2 atom stereocenters. The number of carbonyl (C=O) groups excluding carboxylic acids is 1. The third kappa shape index (κ3) is 5.56. The summed E-state index contributed by atoms with van der Waals surface area (Å²) in [5.74, 6) is -2.34. The highest BCUT2D eigenvalue weighted by Gasteiger charge is 2.36. The number of halogens is 5. The number of hydrogen-bond donors (Lipinski definition) is 1. The molecule has 2 aromatic carbocycles. The van der Waals surface area contributed by atoms with Gasteiger partial charge in [0, 0.05) is 48.7 Å². The normalized spacial score (nSPS) is 18.7. The van der Waals surface area contributed by atoms with Crippen LogP contribution >= 0.6 is 0 Å². The lowest BCUT2D eigenvalue weighted by Crippen LogP contribution is -2.55. The molecule has 3 aromatic rings. The summed E-state index contributed by atoms with van der Waals surface area (Å²) >= 11 is 0. The molecule has 1 N–H and O–H groups in total. The van der Waals surface area contributed by atoms with Crippen LogP contribution in [0.25, 0.3) is 11.1 Å². The van der Waals surface area contributed by atoms with Crippen molar-refractivity contribution in [2.45, 2.75) is 39.0 Å². The van der Waals surface area contributed by atoms with Gasteiger partial charge in [0.1, 0.15) is 17.5 Å². The number of nitrogens with zero attached hydrogens (tertiary/aromatic N) is 4. The molecule has 1 aliphatic rings. The van der Waals surface area contributed by atoms with Crippen LogP contribution in [0.15, 0.2) is 42.7 Å². The summed E-state index contributed by atoms with van der Waals surface area (Å²) in [7, 11) is 1.98. The molecule has 1 aromatic heterocycles. The minimum absolute atomic E-state index is 0.0735. The lowest BCUT2D eigenvalue weighted by molar-refractivity contribution is -0.138. The van der Waals surface area contributed by atoms with E-state index in [9.17, 15) is 22.4 Å². The number of benzene rings is 2. The van der Waals surface area contributed by atoms with E-state index in [4.69, 9.17) is 0 Å². The van der Waals surface area contributed by atoms with E-state index in [1.807, 2.05) is 25.8 Å². The third-order valence-corrected chi connectivity index (χ3v) is 6.66. The lowest BCUT2D eigenvalue weighted by Gasteiger charge is -2.44. The summed E-state index contributed by atoms with van der Waals surface area (Å²) < 4.78 is 69.7. The zero-order valence-electron chi connectivity index (χ0n) is 20.7. The summed E-state index contributed by atoms with van der Waals surface area (Å²) in [5.41, 5.74) is -1.30. The smallest absolute Gasteiger partial charge is 0.367 e. The number of likely N-dealkylation sites (N-methyl/N-ethyl adjacent to an activating group) is 1. The number of aryl methyl sites for hydroxylation is 1. The fraction of sp³-hybridized carbons (Fsp3) is 0.346. The molecule has 4 rings (SSSR count). The minimum atomic E-state index is -4.95. The first kappa shape index (κ1) is 26.5. The Balaban J connectivity index is 1.81. The Hall–Kier alpha value is -3.60. The second kappa shape index (κ2) is 10.0. The molecule has 11 heteroatoms. The van der Waals surface area contributed by atoms with Gasteiger partial charge in [-0.05, 0) is 58.2 Å². The van der Waals surface area contributed by atoms with E-state index >= 15 is 4.39 Å². The monoisotopic (exact) mass is 519 g/mol. The second-order valence-electron chi connectivity index (χ2n) is 9.28. The minimum Gasteiger partial charge on any atom is -0.367 e. The maximum absolute atomic E-state index is 15.4. The van der Waals surface area contributed by atoms with E-state index in [-0.39, 0.29) is 29.4 Å². The van der Waals surface area contributed by atoms with Gasteiger partial charge in [0.25, 0.3) is 5.91 Å². The van der Waals surface area contributed by atoms with Crippen LogP contribution in [0.4, 0.5) is 33.3 Å². The number of amides is 1. The Bertz CT molecular complexity index is 1300. The molecule has 0 aliphatic carbocycles. The van der Waals surface area contributed by atoms with Crippen LogP contribution in [0.3, 0.4) is 0 Å². The number of carbonyl (C=O) groups is 1. The third-order valence-electron chi connectivity index (χ3n) is 6.66. The SMILES string of the molecule is Cc1ncc(-c2cc(NC(=O)c3ccc(F)cc3C(F)(F)F)c(N3CC(C)N(C)C(C)C3)cc2F)cn1. The summed E-state index contributed by atoms with van der Waals surface area (Å²) in [5, 5.41) is 2.52. The molecule has 0 saturated carbocycles. The molecule has 6 nitrogen and oxygen atoms in total. The molecule has 0 spiro atoms. The van der Waals surface area contributed by atoms with Crippen molar-refractivity contribution < 1.29 is 26.7 Å². The summed E-state index contributed by atoms with van der Waals surface area (Å²) in [6, 6.07) is 4.65. The average Bonchev–Trinajstić information content (AvgIpc) is 2.83. The number of anilines is 2. The summed E-state index contributed by atoms with van der Waals surface area (Å²) in [6.45, 7) is 6.68. The Morgan fingerprint density at radius 3 is 2.24 bits per heavy atom. The van der Waals surface area contributed by atoms with Crippen molar-refractivity contribution in [1.29, 1.82) is 0 Å². The predicted octanol–water partition coefficient (Wildman–Crippen LogP) is 5.53. The first-order valence-corrected chi connectivity index (χ1v) is 11.6. The highest BCUT2D eigenvalue weighted by atomic mass is 19.4. The summed E-state index contributed by atoms with van der Waals surface area (Å²) in [6.07, 6.45) is -2.10. The number of alkyl halides is 3. The lowest BCUT2D eigenvalue weighted by atomic mass is 10.0. The van der Waals surface area contributed by atoms with Crippen LogP contribution in [-0.4, -0.2) is 53.0 Å². The zero-order valence-corrected chi connectivity index (χ0v) is 20.7. The number of piperazine rings is 1. The topological polar surface area (TPSA) is 61.4 Å². The molecule has 2 heterocycles. The molecule has 2 unspecified atom stereocenters. The van der Waals surface area contributed by atoms with E-state index in [0.717, 1.165) is 12.1 Å². The fourth-order valence-corrected chi connectivity index (χ4v) is 4.42. The molecule has 1 aliphatic heterocycles. The van der Waals surface area contributed by atoms with Gasteiger partial charge in [-0.25, -0.2) is 18.7 Å². The van der Waals surface area contributed by atoms with Crippen LogP contribution in [0.2, 0.25) is 0 Å². The van der Waals surface area contributed by atoms with Gasteiger partial charge in [-0.1, -0.05) is 0 Å². The molecule has 1 fully saturated rings. The largest absolute Gasteiger partial charge is 0.417 e. The van der Waals surface area contributed by atoms with Gasteiger partial charge in [-0.3, -0.25) is 9.69 Å². The Morgan fingerprint density at radius 1 is 1.03 bits per heavy atom. The molecule has 37 heavy (non-hydrogen) atoms. The van der Waals surface area contributed by atoms with Crippen LogP contribution in [0.1, 0.15) is 35.6 Å². The van der Waals surface area contributed by atoms with Gasteiger partial charge < -0.3 is 10.2 Å². The van der Waals surface area contributed by atoms with Gasteiger partial charge in [-0.2, -0.15) is 13.2 Å². The molecule has 0 bridgehead atoms. The van der Waals surface area contributed by atoms with Crippen LogP contribution in [-0.2, 0) is 6.18 Å². The van der Waals surface area contributed by atoms with E-state index in [1.54, 1.807) is 6.92 Å². The highest BCUT2D eigenvalue weighted by molar-refractivity contribution is 6.07. The number of rotatable bonds is 4. The van der Waals surface area contributed by atoms with E-state index in [0.29, 0.717) is 30.2 Å². The molecule has 1 saturated heterocycles. The Morgan fingerprint density at radius 2 is 1.65 bits per heavy atom. The fourth-order valence-electron chi connectivity index (χ4n) is 4.42. The van der Waals surface area contributed by atoms with E-state index in [1.165, 1.54) is 24.5 Å². The van der Waals surface area contributed by atoms with Gasteiger partial charge in [-0.15, -0.1) is 0 Å². The van der Waals surface area contributed by atoms with E-state index < -0.39 is 34.8 Å².